The highest BCUT2D eigenvalue weighted by molar-refractivity contribution is 6.30. The van der Waals surface area contributed by atoms with Gasteiger partial charge in [-0.25, -0.2) is 0 Å². The van der Waals surface area contributed by atoms with Crippen molar-refractivity contribution in [3.8, 4) is 11.5 Å². The monoisotopic (exact) mass is 422 g/mol. The highest BCUT2D eigenvalue weighted by Gasteiger charge is 2.28. The SMILES string of the molecule is CC(C)Oc1cc2c(cc1OCc1ccccn1)CC(=O)NC2c1ccc(Cl)cc1. The topological polar surface area (TPSA) is 60.5 Å². The number of pyridine rings is 1. The summed E-state index contributed by atoms with van der Waals surface area (Å²) in [5.41, 5.74) is 3.71. The average Bonchev–Trinajstić information content (AvgIpc) is 2.73. The van der Waals surface area contributed by atoms with E-state index in [-0.39, 0.29) is 18.1 Å². The standard InChI is InChI=1S/C24H23ClN2O3/c1-15(2)30-22-13-20-17(11-21(22)29-14-19-5-3-4-10-26-19)12-23(28)27-24(20)16-6-8-18(25)9-7-16/h3-11,13,15,24H,12,14H2,1-2H3,(H,27,28). The highest BCUT2D eigenvalue weighted by Crippen LogP contribution is 2.39. The molecule has 0 radical (unpaired) electrons. The molecule has 0 saturated heterocycles. The molecule has 1 aliphatic heterocycles. The lowest BCUT2D eigenvalue weighted by Gasteiger charge is -2.29. The molecule has 3 aromatic rings. The van der Waals surface area contributed by atoms with Gasteiger partial charge in [0.25, 0.3) is 0 Å². The van der Waals surface area contributed by atoms with E-state index >= 15 is 0 Å². The fourth-order valence-electron chi connectivity index (χ4n) is 3.51. The van der Waals surface area contributed by atoms with E-state index in [0.717, 1.165) is 22.4 Å². The summed E-state index contributed by atoms with van der Waals surface area (Å²) >= 11 is 6.04. The van der Waals surface area contributed by atoms with Crippen LogP contribution in [0.4, 0.5) is 0 Å². The molecule has 0 spiro atoms. The fraction of sp³-hybridized carbons (Fsp3) is 0.250. The molecule has 1 N–H and O–H groups in total. The van der Waals surface area contributed by atoms with Gasteiger partial charge in [-0.3, -0.25) is 9.78 Å². The van der Waals surface area contributed by atoms with Crippen LogP contribution in [0.2, 0.25) is 5.02 Å². The summed E-state index contributed by atoms with van der Waals surface area (Å²) in [5.74, 6) is 1.23. The molecule has 4 rings (SSSR count). The van der Waals surface area contributed by atoms with Crippen molar-refractivity contribution in [3.05, 3.63) is 88.2 Å². The van der Waals surface area contributed by atoms with Crippen LogP contribution in [0.25, 0.3) is 0 Å². The van der Waals surface area contributed by atoms with Crippen molar-refractivity contribution in [1.29, 1.82) is 0 Å². The minimum atomic E-state index is -0.266. The Bertz CT molecular complexity index is 1040. The largest absolute Gasteiger partial charge is 0.487 e. The quantitative estimate of drug-likeness (QED) is 0.616. The second-order valence-corrected chi connectivity index (χ2v) is 7.94. The van der Waals surface area contributed by atoms with Gasteiger partial charge < -0.3 is 14.8 Å². The minimum Gasteiger partial charge on any atom is -0.487 e. The van der Waals surface area contributed by atoms with Crippen molar-refractivity contribution >= 4 is 17.5 Å². The summed E-state index contributed by atoms with van der Waals surface area (Å²) in [7, 11) is 0. The molecular formula is C24H23ClN2O3. The van der Waals surface area contributed by atoms with Crippen LogP contribution in [-0.2, 0) is 17.8 Å². The van der Waals surface area contributed by atoms with E-state index in [0.29, 0.717) is 29.5 Å². The lowest BCUT2D eigenvalue weighted by atomic mass is 9.89. The van der Waals surface area contributed by atoms with Crippen LogP contribution in [0.15, 0.2) is 60.8 Å². The molecule has 1 atom stereocenters. The lowest BCUT2D eigenvalue weighted by molar-refractivity contribution is -0.121. The first-order valence-corrected chi connectivity index (χ1v) is 10.3. The Morgan fingerprint density at radius 1 is 1.13 bits per heavy atom. The molecule has 154 valence electrons. The number of carbonyl (C=O) groups excluding carboxylic acids is 1. The van der Waals surface area contributed by atoms with E-state index in [1.807, 2.05) is 68.4 Å². The Balaban J connectivity index is 1.71. The molecule has 2 aromatic carbocycles. The molecule has 0 aliphatic carbocycles. The summed E-state index contributed by atoms with van der Waals surface area (Å²) < 4.78 is 12.1. The molecule has 0 bridgehead atoms. The normalized spacial score (nSPS) is 15.5. The van der Waals surface area contributed by atoms with Gasteiger partial charge in [-0.1, -0.05) is 29.8 Å². The first-order chi connectivity index (χ1) is 14.5. The minimum absolute atomic E-state index is 0.0209. The third-order valence-electron chi connectivity index (χ3n) is 4.84. The first kappa shape index (κ1) is 20.2. The van der Waals surface area contributed by atoms with Crippen LogP contribution in [0.3, 0.4) is 0 Å². The Morgan fingerprint density at radius 2 is 1.93 bits per heavy atom. The summed E-state index contributed by atoms with van der Waals surface area (Å²) in [6, 6.07) is 16.8. The smallest absolute Gasteiger partial charge is 0.225 e. The number of hydrogen-bond acceptors (Lipinski definition) is 4. The Morgan fingerprint density at radius 3 is 2.63 bits per heavy atom. The van der Waals surface area contributed by atoms with E-state index in [1.54, 1.807) is 6.20 Å². The van der Waals surface area contributed by atoms with Gasteiger partial charge in [0, 0.05) is 11.2 Å². The number of amides is 1. The molecule has 1 aromatic heterocycles. The second kappa shape index (κ2) is 8.76. The number of halogens is 1. The van der Waals surface area contributed by atoms with Gasteiger partial charge in [-0.15, -0.1) is 0 Å². The third kappa shape index (κ3) is 4.57. The van der Waals surface area contributed by atoms with Crippen LogP contribution in [0.5, 0.6) is 11.5 Å². The van der Waals surface area contributed by atoms with Crippen molar-refractivity contribution in [2.45, 2.75) is 39.0 Å². The third-order valence-corrected chi connectivity index (χ3v) is 5.09. The zero-order valence-electron chi connectivity index (χ0n) is 16.9. The first-order valence-electron chi connectivity index (χ1n) is 9.90. The lowest BCUT2D eigenvalue weighted by Crippen LogP contribution is -2.36. The Labute approximate surface area is 181 Å². The number of rotatable bonds is 6. The van der Waals surface area contributed by atoms with Crippen LogP contribution in [0.1, 0.15) is 42.3 Å². The maximum atomic E-state index is 12.4. The second-order valence-electron chi connectivity index (χ2n) is 7.50. The van der Waals surface area contributed by atoms with Gasteiger partial charge in [0.1, 0.15) is 6.61 Å². The maximum absolute atomic E-state index is 12.4. The van der Waals surface area contributed by atoms with E-state index in [2.05, 4.69) is 10.3 Å². The molecule has 0 saturated carbocycles. The molecule has 1 aliphatic rings. The van der Waals surface area contributed by atoms with Crippen LogP contribution in [0, 0.1) is 0 Å². The van der Waals surface area contributed by atoms with Crippen LogP contribution >= 0.6 is 11.6 Å². The number of carbonyl (C=O) groups is 1. The van der Waals surface area contributed by atoms with Crippen molar-refractivity contribution in [3.63, 3.8) is 0 Å². The van der Waals surface area contributed by atoms with Gasteiger partial charge in [0.2, 0.25) is 5.91 Å². The van der Waals surface area contributed by atoms with E-state index < -0.39 is 0 Å². The number of ether oxygens (including phenoxy) is 2. The van der Waals surface area contributed by atoms with Gasteiger partial charge in [-0.05, 0) is 66.9 Å². The molecule has 1 unspecified atom stereocenters. The number of benzene rings is 2. The molecule has 30 heavy (non-hydrogen) atoms. The maximum Gasteiger partial charge on any atom is 0.225 e. The predicted molar refractivity (Wildman–Crippen MR) is 116 cm³/mol. The highest BCUT2D eigenvalue weighted by atomic mass is 35.5. The molecule has 1 amide bonds. The van der Waals surface area contributed by atoms with Crippen LogP contribution in [-0.4, -0.2) is 17.0 Å². The average molecular weight is 423 g/mol. The van der Waals surface area contributed by atoms with Gasteiger partial charge in [-0.2, -0.15) is 0 Å². The zero-order chi connectivity index (χ0) is 21.1. The molecule has 2 heterocycles. The van der Waals surface area contributed by atoms with Crippen molar-refractivity contribution < 1.29 is 14.3 Å². The zero-order valence-corrected chi connectivity index (χ0v) is 17.6. The predicted octanol–water partition coefficient (Wildman–Crippen LogP) is 4.86. The Hall–Kier alpha value is -3.05. The Kier molecular flexibility index (Phi) is 5.91. The van der Waals surface area contributed by atoms with Crippen LogP contribution < -0.4 is 14.8 Å². The molecular weight excluding hydrogens is 400 g/mol. The summed E-state index contributed by atoms with van der Waals surface area (Å²) in [5, 5.41) is 3.73. The molecule has 0 fully saturated rings. The van der Waals surface area contributed by atoms with Gasteiger partial charge in [0.15, 0.2) is 11.5 Å². The van der Waals surface area contributed by atoms with Crippen molar-refractivity contribution in [2.75, 3.05) is 0 Å². The summed E-state index contributed by atoms with van der Waals surface area (Å²) in [6.45, 7) is 4.27. The fourth-order valence-corrected chi connectivity index (χ4v) is 3.64. The number of nitrogens with zero attached hydrogens (tertiary/aromatic N) is 1. The molecule has 5 nitrogen and oxygen atoms in total. The van der Waals surface area contributed by atoms with E-state index in [4.69, 9.17) is 21.1 Å². The van der Waals surface area contributed by atoms with Gasteiger partial charge >= 0.3 is 0 Å². The summed E-state index contributed by atoms with van der Waals surface area (Å²) in [6.07, 6.45) is 2.01. The van der Waals surface area contributed by atoms with E-state index in [1.165, 1.54) is 0 Å². The number of hydrogen-bond donors (Lipinski definition) is 1. The van der Waals surface area contributed by atoms with E-state index in [9.17, 15) is 4.79 Å². The van der Waals surface area contributed by atoms with Crippen molar-refractivity contribution in [1.82, 2.24) is 10.3 Å². The summed E-state index contributed by atoms with van der Waals surface area (Å²) in [4.78, 5) is 16.7. The van der Waals surface area contributed by atoms with Gasteiger partial charge in [0.05, 0.1) is 24.3 Å². The molecule has 6 heteroatoms. The number of aromatic nitrogens is 1. The number of nitrogens with one attached hydrogen (secondary N) is 1. The number of fused-ring (bicyclic) bond motifs is 1. The van der Waals surface area contributed by atoms with Crippen molar-refractivity contribution in [2.24, 2.45) is 0 Å².